The number of rotatable bonds is 1. The minimum atomic E-state index is -0.00694. The third-order valence-corrected chi connectivity index (χ3v) is 1.56. The molecular weight excluding hydrogens is 156 g/mol. The molecule has 3 heteroatoms. The normalized spacial score (nSPS) is 15.4. The van der Waals surface area contributed by atoms with E-state index in [0.717, 1.165) is 13.2 Å². The molecule has 0 atom stereocenters. The van der Waals surface area contributed by atoms with Crippen LogP contribution in [0.15, 0.2) is 22.8 Å². The van der Waals surface area contributed by atoms with Gasteiger partial charge in [-0.05, 0) is 25.0 Å². The highest BCUT2D eigenvalue weighted by Gasteiger charge is 1.94. The Kier molecular flexibility index (Phi) is 4.49. The molecule has 1 fully saturated rings. The maximum absolute atomic E-state index is 8.33. The fourth-order valence-corrected chi connectivity index (χ4v) is 0.913. The molecule has 1 saturated heterocycles. The highest BCUT2D eigenvalue weighted by molar-refractivity contribution is 4.95. The minimum Gasteiger partial charge on any atom is -0.467 e. The van der Waals surface area contributed by atoms with Crippen molar-refractivity contribution in [1.82, 2.24) is 0 Å². The first kappa shape index (κ1) is 9.29. The van der Waals surface area contributed by atoms with Gasteiger partial charge in [-0.15, -0.1) is 0 Å². The number of aliphatic hydroxyl groups is 1. The maximum Gasteiger partial charge on any atom is 0.129 e. The first-order chi connectivity index (χ1) is 5.93. The number of hydrogen-bond acceptors (Lipinski definition) is 3. The van der Waals surface area contributed by atoms with E-state index in [1.807, 2.05) is 0 Å². The Morgan fingerprint density at radius 1 is 1.33 bits per heavy atom. The molecule has 0 amide bonds. The van der Waals surface area contributed by atoms with Gasteiger partial charge in [0, 0.05) is 13.2 Å². The third-order valence-electron chi connectivity index (χ3n) is 1.56. The Hall–Kier alpha value is -0.800. The second kappa shape index (κ2) is 5.80. The van der Waals surface area contributed by atoms with Crippen molar-refractivity contribution < 1.29 is 14.3 Å². The smallest absolute Gasteiger partial charge is 0.129 e. The van der Waals surface area contributed by atoms with Gasteiger partial charge in [-0.25, -0.2) is 0 Å². The van der Waals surface area contributed by atoms with Crippen LogP contribution in [0.1, 0.15) is 18.6 Å². The molecule has 1 N–H and O–H groups in total. The van der Waals surface area contributed by atoms with E-state index in [9.17, 15) is 0 Å². The van der Waals surface area contributed by atoms with E-state index in [1.54, 1.807) is 12.1 Å². The lowest BCUT2D eigenvalue weighted by Crippen LogP contribution is -1.74. The van der Waals surface area contributed by atoms with E-state index < -0.39 is 0 Å². The SMILES string of the molecule is C1CCOC1.OCc1ccco1. The summed E-state index contributed by atoms with van der Waals surface area (Å²) in [6, 6.07) is 3.46. The van der Waals surface area contributed by atoms with Gasteiger partial charge in [0.2, 0.25) is 0 Å². The molecule has 0 bridgehead atoms. The van der Waals surface area contributed by atoms with Crippen molar-refractivity contribution in [3.63, 3.8) is 0 Å². The average molecular weight is 170 g/mol. The monoisotopic (exact) mass is 170 g/mol. The Balaban J connectivity index is 0.000000127. The van der Waals surface area contributed by atoms with Gasteiger partial charge in [0.15, 0.2) is 0 Å². The van der Waals surface area contributed by atoms with Crippen molar-refractivity contribution in [2.45, 2.75) is 19.4 Å². The molecule has 0 saturated carbocycles. The van der Waals surface area contributed by atoms with Crippen molar-refractivity contribution in [1.29, 1.82) is 0 Å². The van der Waals surface area contributed by atoms with Crippen molar-refractivity contribution in [3.05, 3.63) is 24.2 Å². The zero-order chi connectivity index (χ0) is 8.65. The van der Waals surface area contributed by atoms with Gasteiger partial charge in [0.1, 0.15) is 12.4 Å². The lowest BCUT2D eigenvalue weighted by atomic mass is 10.4. The van der Waals surface area contributed by atoms with Gasteiger partial charge in [-0.2, -0.15) is 0 Å². The van der Waals surface area contributed by atoms with Gasteiger partial charge < -0.3 is 14.3 Å². The van der Waals surface area contributed by atoms with Crippen LogP contribution in [0.5, 0.6) is 0 Å². The molecule has 1 aliphatic rings. The summed E-state index contributed by atoms with van der Waals surface area (Å²) in [6.45, 7) is 1.99. The lowest BCUT2D eigenvalue weighted by molar-refractivity contribution is 0.198. The highest BCUT2D eigenvalue weighted by atomic mass is 16.5. The first-order valence-electron chi connectivity index (χ1n) is 4.14. The van der Waals surface area contributed by atoms with Gasteiger partial charge in [-0.1, -0.05) is 0 Å². The molecule has 1 aromatic rings. The van der Waals surface area contributed by atoms with Crippen LogP contribution in [0.2, 0.25) is 0 Å². The van der Waals surface area contributed by atoms with Crippen LogP contribution in [-0.2, 0) is 11.3 Å². The molecule has 0 spiro atoms. The van der Waals surface area contributed by atoms with Gasteiger partial charge in [0.05, 0.1) is 6.26 Å². The second-order valence-electron chi connectivity index (χ2n) is 2.56. The summed E-state index contributed by atoms with van der Waals surface area (Å²) in [5.41, 5.74) is 0. The van der Waals surface area contributed by atoms with Crippen LogP contribution in [0.3, 0.4) is 0 Å². The minimum absolute atomic E-state index is 0.00694. The molecule has 0 aromatic carbocycles. The van der Waals surface area contributed by atoms with Crippen LogP contribution in [0.4, 0.5) is 0 Å². The Bertz CT molecular complexity index is 170. The van der Waals surface area contributed by atoms with Crippen molar-refractivity contribution >= 4 is 0 Å². The Morgan fingerprint density at radius 3 is 2.33 bits per heavy atom. The molecule has 3 nitrogen and oxygen atoms in total. The predicted molar refractivity (Wildman–Crippen MR) is 44.7 cm³/mol. The fraction of sp³-hybridized carbons (Fsp3) is 0.556. The van der Waals surface area contributed by atoms with E-state index >= 15 is 0 Å². The van der Waals surface area contributed by atoms with Crippen LogP contribution < -0.4 is 0 Å². The summed E-state index contributed by atoms with van der Waals surface area (Å²) < 4.78 is 9.68. The van der Waals surface area contributed by atoms with Crippen molar-refractivity contribution in [2.24, 2.45) is 0 Å². The second-order valence-corrected chi connectivity index (χ2v) is 2.56. The number of ether oxygens (including phenoxy) is 1. The maximum atomic E-state index is 8.33. The van der Waals surface area contributed by atoms with E-state index in [-0.39, 0.29) is 6.61 Å². The fourth-order valence-electron chi connectivity index (χ4n) is 0.913. The molecular formula is C9H14O3. The third kappa shape index (κ3) is 3.55. The molecule has 0 radical (unpaired) electrons. The van der Waals surface area contributed by atoms with Gasteiger partial charge in [0.25, 0.3) is 0 Å². The van der Waals surface area contributed by atoms with Gasteiger partial charge >= 0.3 is 0 Å². The Labute approximate surface area is 72.0 Å². The van der Waals surface area contributed by atoms with Gasteiger partial charge in [-0.3, -0.25) is 0 Å². The number of furan rings is 1. The zero-order valence-electron chi connectivity index (χ0n) is 7.03. The van der Waals surface area contributed by atoms with E-state index in [2.05, 4.69) is 0 Å². The average Bonchev–Trinajstić information content (AvgIpc) is 2.81. The molecule has 1 aliphatic heterocycles. The lowest BCUT2D eigenvalue weighted by Gasteiger charge is -1.79. The standard InChI is InChI=1S/C5H6O2.C4H8O/c6-4-5-2-1-3-7-5;1-2-4-5-3-1/h1-3,6H,4H2;1-4H2. The summed E-state index contributed by atoms with van der Waals surface area (Å²) >= 11 is 0. The van der Waals surface area contributed by atoms with Crippen LogP contribution in [-0.4, -0.2) is 18.3 Å². The molecule has 2 heterocycles. The topological polar surface area (TPSA) is 42.6 Å². The summed E-state index contributed by atoms with van der Waals surface area (Å²) in [7, 11) is 0. The largest absolute Gasteiger partial charge is 0.467 e. The summed E-state index contributed by atoms with van der Waals surface area (Å²) in [5, 5.41) is 8.33. The molecule has 0 aliphatic carbocycles. The zero-order valence-corrected chi connectivity index (χ0v) is 7.03. The molecule has 2 rings (SSSR count). The Morgan fingerprint density at radius 2 is 2.08 bits per heavy atom. The summed E-state index contributed by atoms with van der Waals surface area (Å²) in [6.07, 6.45) is 4.09. The van der Waals surface area contributed by atoms with Crippen LogP contribution in [0.25, 0.3) is 0 Å². The van der Waals surface area contributed by atoms with E-state index in [0.29, 0.717) is 5.76 Å². The quantitative estimate of drug-likeness (QED) is 0.695. The molecule has 1 aromatic heterocycles. The van der Waals surface area contributed by atoms with E-state index in [1.165, 1.54) is 19.1 Å². The number of aliphatic hydroxyl groups excluding tert-OH is 1. The first-order valence-corrected chi connectivity index (χ1v) is 4.14. The van der Waals surface area contributed by atoms with Crippen molar-refractivity contribution in [2.75, 3.05) is 13.2 Å². The van der Waals surface area contributed by atoms with Crippen molar-refractivity contribution in [3.8, 4) is 0 Å². The molecule has 68 valence electrons. The van der Waals surface area contributed by atoms with E-state index in [4.69, 9.17) is 14.3 Å². The number of hydrogen-bond donors (Lipinski definition) is 1. The predicted octanol–water partition coefficient (Wildman–Crippen LogP) is 1.57. The molecule has 0 unspecified atom stereocenters. The van der Waals surface area contributed by atoms with Crippen LogP contribution >= 0.6 is 0 Å². The highest BCUT2D eigenvalue weighted by Crippen LogP contribution is 1.98. The summed E-state index contributed by atoms with van der Waals surface area (Å²) in [5.74, 6) is 0.611. The molecule has 12 heavy (non-hydrogen) atoms. The van der Waals surface area contributed by atoms with Crippen LogP contribution in [0, 0.1) is 0 Å². The summed E-state index contributed by atoms with van der Waals surface area (Å²) in [4.78, 5) is 0.